The molecular weight excluding hydrogens is 330 g/mol. The third-order valence-electron chi connectivity index (χ3n) is 5.40. The minimum atomic E-state index is 0.0371. The molecule has 2 heteroatoms. The maximum Gasteiger partial charge on any atom is 0.159 e. The lowest BCUT2D eigenvalue weighted by Gasteiger charge is -2.20. The molecule has 3 aromatic carbocycles. The Morgan fingerprint density at radius 3 is 2.07 bits per heavy atom. The summed E-state index contributed by atoms with van der Waals surface area (Å²) in [5.74, 6) is 0. The summed E-state index contributed by atoms with van der Waals surface area (Å²) in [6.45, 7) is 8.88. The predicted molar refractivity (Wildman–Crippen MR) is 116 cm³/mol. The molecule has 0 amide bonds. The minimum absolute atomic E-state index is 0.0371. The molecule has 1 heterocycles. The molecule has 27 heavy (non-hydrogen) atoms. The van der Waals surface area contributed by atoms with Crippen LogP contribution in [0.4, 0.5) is 11.4 Å². The molecule has 0 atom stereocenters. The van der Waals surface area contributed by atoms with Crippen LogP contribution in [0.5, 0.6) is 0 Å². The summed E-state index contributed by atoms with van der Waals surface area (Å²) in [7, 11) is 2.10. The van der Waals surface area contributed by atoms with E-state index in [0.29, 0.717) is 0 Å². The number of benzene rings is 3. The summed E-state index contributed by atoms with van der Waals surface area (Å²) in [6, 6.07) is 21.6. The van der Waals surface area contributed by atoms with Crippen molar-refractivity contribution >= 4 is 33.3 Å². The highest BCUT2D eigenvalue weighted by Gasteiger charge is 2.22. The first-order chi connectivity index (χ1) is 12.9. The van der Waals surface area contributed by atoms with Crippen LogP contribution in [-0.2, 0) is 11.8 Å². The fourth-order valence-electron chi connectivity index (χ4n) is 3.75. The molecule has 0 N–H and O–H groups in total. The fraction of sp³-hybridized carbons (Fsp3) is 0.280. The number of fused-ring (bicyclic) bond motifs is 3. The number of nitrogens with zero attached hydrogens (tertiary/aromatic N) is 1. The monoisotopic (exact) mass is 357 g/mol. The number of furan rings is 1. The van der Waals surface area contributed by atoms with Crippen molar-refractivity contribution in [3.63, 3.8) is 0 Å². The number of rotatable bonds is 3. The summed E-state index contributed by atoms with van der Waals surface area (Å²) < 4.78 is 6.49. The second kappa shape index (κ2) is 6.45. The van der Waals surface area contributed by atoms with Crippen LogP contribution >= 0.6 is 0 Å². The summed E-state index contributed by atoms with van der Waals surface area (Å²) in [5, 5.41) is 2.36. The van der Waals surface area contributed by atoms with E-state index in [0.717, 1.165) is 29.0 Å². The Labute approximate surface area is 161 Å². The van der Waals surface area contributed by atoms with Crippen LogP contribution in [0, 0.1) is 0 Å². The Morgan fingerprint density at radius 2 is 1.44 bits per heavy atom. The van der Waals surface area contributed by atoms with Crippen molar-refractivity contribution < 1.29 is 4.42 Å². The molecule has 0 aliphatic carbocycles. The van der Waals surface area contributed by atoms with Gasteiger partial charge in [-0.2, -0.15) is 0 Å². The van der Waals surface area contributed by atoms with E-state index in [2.05, 4.69) is 100 Å². The van der Waals surface area contributed by atoms with Gasteiger partial charge in [0.15, 0.2) is 5.58 Å². The number of para-hydroxylation sites is 2. The molecule has 0 fully saturated rings. The van der Waals surface area contributed by atoms with Gasteiger partial charge in [0.2, 0.25) is 0 Å². The molecule has 0 radical (unpaired) electrons. The molecule has 4 aromatic rings. The van der Waals surface area contributed by atoms with Crippen LogP contribution in [-0.4, -0.2) is 7.05 Å². The van der Waals surface area contributed by atoms with E-state index in [9.17, 15) is 0 Å². The molecule has 4 rings (SSSR count). The highest BCUT2D eigenvalue weighted by molar-refractivity contribution is 6.10. The SMILES string of the molecule is CCc1ccc(N(C)c2cccc3c2oc2c(C(C)(C)C)cccc23)cc1. The highest BCUT2D eigenvalue weighted by Crippen LogP contribution is 2.40. The van der Waals surface area contributed by atoms with Gasteiger partial charge in [0.05, 0.1) is 5.69 Å². The predicted octanol–water partition coefficient (Wildman–Crippen LogP) is 7.21. The largest absolute Gasteiger partial charge is 0.454 e. The lowest BCUT2D eigenvalue weighted by atomic mass is 9.86. The molecule has 0 saturated carbocycles. The van der Waals surface area contributed by atoms with Gasteiger partial charge in [0.25, 0.3) is 0 Å². The quantitative estimate of drug-likeness (QED) is 0.385. The fourth-order valence-corrected chi connectivity index (χ4v) is 3.75. The van der Waals surface area contributed by atoms with Crippen molar-refractivity contribution in [3.8, 4) is 0 Å². The summed E-state index contributed by atoms with van der Waals surface area (Å²) in [5.41, 5.74) is 6.84. The molecule has 0 saturated heterocycles. The van der Waals surface area contributed by atoms with Gasteiger partial charge in [0.1, 0.15) is 5.58 Å². The van der Waals surface area contributed by atoms with Gasteiger partial charge in [-0.1, -0.05) is 70.2 Å². The molecule has 0 aliphatic heterocycles. The molecule has 0 aliphatic rings. The maximum atomic E-state index is 6.49. The maximum absolute atomic E-state index is 6.49. The van der Waals surface area contributed by atoms with E-state index in [4.69, 9.17) is 4.42 Å². The Bertz CT molecular complexity index is 1100. The average Bonchev–Trinajstić information content (AvgIpc) is 3.05. The van der Waals surface area contributed by atoms with Crippen LogP contribution < -0.4 is 4.90 Å². The zero-order chi connectivity index (χ0) is 19.2. The molecule has 0 unspecified atom stereocenters. The van der Waals surface area contributed by atoms with Crippen LogP contribution in [0.3, 0.4) is 0 Å². The average molecular weight is 357 g/mol. The standard InChI is InChI=1S/C25H27NO/c1-6-17-13-15-18(16-14-17)26(5)22-12-8-10-20-19-9-7-11-21(25(2,3)4)23(19)27-24(20)22/h7-16H,6H2,1-5H3. The smallest absolute Gasteiger partial charge is 0.159 e. The topological polar surface area (TPSA) is 16.4 Å². The van der Waals surface area contributed by atoms with E-state index in [1.807, 2.05) is 0 Å². The zero-order valence-electron chi connectivity index (χ0n) is 16.8. The molecule has 1 aromatic heterocycles. The Hall–Kier alpha value is -2.74. The molecular formula is C25H27NO. The number of anilines is 2. The zero-order valence-corrected chi connectivity index (χ0v) is 16.8. The second-order valence-corrected chi connectivity index (χ2v) is 8.27. The summed E-state index contributed by atoms with van der Waals surface area (Å²) >= 11 is 0. The van der Waals surface area contributed by atoms with E-state index >= 15 is 0 Å². The van der Waals surface area contributed by atoms with Gasteiger partial charge < -0.3 is 9.32 Å². The van der Waals surface area contributed by atoms with Crippen LogP contribution in [0.15, 0.2) is 65.1 Å². The lowest BCUT2D eigenvalue weighted by Crippen LogP contribution is -2.11. The van der Waals surface area contributed by atoms with E-state index in [-0.39, 0.29) is 5.41 Å². The summed E-state index contributed by atoms with van der Waals surface area (Å²) in [6.07, 6.45) is 1.05. The van der Waals surface area contributed by atoms with Crippen molar-refractivity contribution in [3.05, 3.63) is 71.8 Å². The van der Waals surface area contributed by atoms with E-state index < -0.39 is 0 Å². The molecule has 2 nitrogen and oxygen atoms in total. The van der Waals surface area contributed by atoms with Crippen molar-refractivity contribution in [1.82, 2.24) is 0 Å². The van der Waals surface area contributed by atoms with Crippen molar-refractivity contribution in [2.75, 3.05) is 11.9 Å². The highest BCUT2D eigenvalue weighted by atomic mass is 16.3. The van der Waals surface area contributed by atoms with Gasteiger partial charge >= 0.3 is 0 Å². The first kappa shape index (κ1) is 17.7. The minimum Gasteiger partial charge on any atom is -0.454 e. The molecule has 0 spiro atoms. The molecule has 0 bridgehead atoms. The first-order valence-electron chi connectivity index (χ1n) is 9.67. The van der Waals surface area contributed by atoms with Gasteiger partial charge in [-0.25, -0.2) is 0 Å². The normalized spacial score (nSPS) is 12.0. The van der Waals surface area contributed by atoms with Crippen LogP contribution in [0.25, 0.3) is 21.9 Å². The second-order valence-electron chi connectivity index (χ2n) is 8.27. The van der Waals surface area contributed by atoms with E-state index in [1.165, 1.54) is 21.9 Å². The first-order valence-corrected chi connectivity index (χ1v) is 9.67. The Morgan fingerprint density at radius 1 is 0.815 bits per heavy atom. The Balaban J connectivity index is 1.91. The van der Waals surface area contributed by atoms with Gasteiger partial charge in [-0.05, 0) is 35.6 Å². The number of aryl methyl sites for hydroxylation is 1. The van der Waals surface area contributed by atoms with E-state index in [1.54, 1.807) is 0 Å². The number of hydrogen-bond donors (Lipinski definition) is 0. The Kier molecular flexibility index (Phi) is 4.22. The van der Waals surface area contributed by atoms with Crippen molar-refractivity contribution in [2.45, 2.75) is 39.5 Å². The van der Waals surface area contributed by atoms with Crippen LogP contribution in [0.2, 0.25) is 0 Å². The van der Waals surface area contributed by atoms with Crippen molar-refractivity contribution in [2.24, 2.45) is 0 Å². The van der Waals surface area contributed by atoms with Gasteiger partial charge in [0, 0.05) is 29.1 Å². The van der Waals surface area contributed by atoms with Gasteiger partial charge in [-0.15, -0.1) is 0 Å². The third kappa shape index (κ3) is 2.99. The number of hydrogen-bond acceptors (Lipinski definition) is 2. The molecule has 138 valence electrons. The van der Waals surface area contributed by atoms with Crippen molar-refractivity contribution in [1.29, 1.82) is 0 Å². The van der Waals surface area contributed by atoms with Crippen LogP contribution in [0.1, 0.15) is 38.8 Å². The lowest BCUT2D eigenvalue weighted by molar-refractivity contribution is 0.573. The van der Waals surface area contributed by atoms with Gasteiger partial charge in [-0.3, -0.25) is 0 Å². The summed E-state index contributed by atoms with van der Waals surface area (Å²) in [4.78, 5) is 2.21. The third-order valence-corrected chi connectivity index (χ3v) is 5.40.